The Labute approximate surface area is 191 Å². The van der Waals surface area contributed by atoms with E-state index in [0.717, 1.165) is 50.8 Å². The summed E-state index contributed by atoms with van der Waals surface area (Å²) in [5.74, 6) is 2.13. The number of aliphatic imine (C=N–C) groups is 1. The number of nitrogens with one attached hydrogen (secondary N) is 2. The van der Waals surface area contributed by atoms with Crippen LogP contribution in [0, 0.1) is 11.8 Å². The van der Waals surface area contributed by atoms with Crippen LogP contribution in [0.2, 0.25) is 0 Å². The standard InChI is InChI=1S/C20H38F3N5.HI/c1-3-27-12-6-17(7-13-27)4-10-25-19(24-2)26-11-5-18-8-14-28(15-9-18)16-20(21,22)23;/h17-18H,3-16H2,1-2H3,(H2,24,25,26);1H. The van der Waals surface area contributed by atoms with Crippen molar-refractivity contribution in [3.05, 3.63) is 0 Å². The van der Waals surface area contributed by atoms with Gasteiger partial charge in [-0.05, 0) is 83.1 Å². The molecular weight excluding hydrogens is 494 g/mol. The number of piperidine rings is 2. The molecule has 2 heterocycles. The first-order valence-corrected chi connectivity index (χ1v) is 10.9. The summed E-state index contributed by atoms with van der Waals surface area (Å²) in [7, 11) is 1.78. The van der Waals surface area contributed by atoms with Gasteiger partial charge in [0, 0.05) is 20.1 Å². The summed E-state index contributed by atoms with van der Waals surface area (Å²) < 4.78 is 37.3. The molecule has 29 heavy (non-hydrogen) atoms. The van der Waals surface area contributed by atoms with Gasteiger partial charge < -0.3 is 15.5 Å². The highest BCUT2D eigenvalue weighted by Crippen LogP contribution is 2.24. The van der Waals surface area contributed by atoms with Gasteiger partial charge in [0.15, 0.2) is 5.96 Å². The summed E-state index contributed by atoms with van der Waals surface area (Å²) in [6.45, 7) is 7.90. The van der Waals surface area contributed by atoms with Crippen molar-refractivity contribution in [2.45, 2.75) is 51.6 Å². The topological polar surface area (TPSA) is 42.9 Å². The molecule has 9 heteroatoms. The Balaban J connectivity index is 0.00000420. The van der Waals surface area contributed by atoms with Crippen LogP contribution >= 0.6 is 24.0 Å². The summed E-state index contributed by atoms with van der Waals surface area (Å²) in [6, 6.07) is 0. The quantitative estimate of drug-likeness (QED) is 0.285. The van der Waals surface area contributed by atoms with Gasteiger partial charge in [-0.2, -0.15) is 13.2 Å². The van der Waals surface area contributed by atoms with Crippen LogP contribution in [0.4, 0.5) is 13.2 Å². The van der Waals surface area contributed by atoms with Gasteiger partial charge in [-0.3, -0.25) is 9.89 Å². The molecule has 0 aromatic rings. The molecule has 0 radical (unpaired) electrons. The Morgan fingerprint density at radius 1 is 0.897 bits per heavy atom. The van der Waals surface area contributed by atoms with E-state index in [1.54, 1.807) is 7.05 Å². The van der Waals surface area contributed by atoms with Crippen LogP contribution < -0.4 is 10.6 Å². The van der Waals surface area contributed by atoms with Crippen LogP contribution in [0.5, 0.6) is 0 Å². The molecule has 0 spiro atoms. The van der Waals surface area contributed by atoms with Gasteiger partial charge in [0.1, 0.15) is 0 Å². The second-order valence-corrected chi connectivity index (χ2v) is 8.22. The van der Waals surface area contributed by atoms with Crippen LogP contribution in [-0.4, -0.2) is 81.3 Å². The summed E-state index contributed by atoms with van der Waals surface area (Å²) in [4.78, 5) is 8.32. The number of halogens is 4. The molecule has 0 atom stereocenters. The molecule has 2 aliphatic rings. The minimum atomic E-state index is -4.08. The largest absolute Gasteiger partial charge is 0.401 e. The fourth-order valence-electron chi connectivity index (χ4n) is 4.29. The molecule has 2 aliphatic heterocycles. The predicted octanol–water partition coefficient (Wildman–Crippen LogP) is 3.56. The highest BCUT2D eigenvalue weighted by molar-refractivity contribution is 14.0. The number of nitrogens with zero attached hydrogens (tertiary/aromatic N) is 3. The Morgan fingerprint density at radius 2 is 1.34 bits per heavy atom. The van der Waals surface area contributed by atoms with Gasteiger partial charge in [0.25, 0.3) is 0 Å². The van der Waals surface area contributed by atoms with Crippen LogP contribution in [-0.2, 0) is 0 Å². The SMILES string of the molecule is CCN1CCC(CCNC(=NC)NCCC2CCN(CC(F)(F)F)CC2)CC1.I. The smallest absolute Gasteiger partial charge is 0.356 e. The minimum absolute atomic E-state index is 0. The third-order valence-corrected chi connectivity index (χ3v) is 6.18. The molecule has 0 unspecified atom stereocenters. The van der Waals surface area contributed by atoms with Crippen molar-refractivity contribution < 1.29 is 13.2 Å². The molecule has 0 aromatic carbocycles. The molecule has 0 aromatic heterocycles. The van der Waals surface area contributed by atoms with Crippen molar-refractivity contribution in [3.8, 4) is 0 Å². The van der Waals surface area contributed by atoms with Gasteiger partial charge >= 0.3 is 6.18 Å². The normalized spacial score (nSPS) is 21.1. The van der Waals surface area contributed by atoms with Crippen molar-refractivity contribution in [1.29, 1.82) is 0 Å². The van der Waals surface area contributed by atoms with Crippen LogP contribution in [0.3, 0.4) is 0 Å². The van der Waals surface area contributed by atoms with Crippen molar-refractivity contribution in [3.63, 3.8) is 0 Å². The van der Waals surface area contributed by atoms with Crippen LogP contribution in [0.15, 0.2) is 4.99 Å². The molecule has 0 amide bonds. The average Bonchev–Trinajstić information content (AvgIpc) is 2.67. The minimum Gasteiger partial charge on any atom is -0.356 e. The Morgan fingerprint density at radius 3 is 1.72 bits per heavy atom. The third-order valence-electron chi connectivity index (χ3n) is 6.18. The zero-order chi connectivity index (χ0) is 20.4. The second-order valence-electron chi connectivity index (χ2n) is 8.22. The van der Waals surface area contributed by atoms with Gasteiger partial charge in [-0.1, -0.05) is 6.92 Å². The molecule has 0 aliphatic carbocycles. The molecular formula is C20H39F3IN5. The van der Waals surface area contributed by atoms with Crippen LogP contribution in [0.1, 0.15) is 45.4 Å². The molecule has 5 nitrogen and oxygen atoms in total. The van der Waals surface area contributed by atoms with Crippen molar-refractivity contribution in [1.82, 2.24) is 20.4 Å². The summed E-state index contributed by atoms with van der Waals surface area (Å²) >= 11 is 0. The monoisotopic (exact) mass is 533 g/mol. The van der Waals surface area contributed by atoms with Crippen LogP contribution in [0.25, 0.3) is 0 Å². The first-order valence-electron chi connectivity index (χ1n) is 10.9. The lowest BCUT2D eigenvalue weighted by Gasteiger charge is -2.32. The van der Waals surface area contributed by atoms with Gasteiger partial charge in [0.05, 0.1) is 6.54 Å². The number of rotatable bonds is 8. The van der Waals surface area contributed by atoms with E-state index < -0.39 is 12.7 Å². The number of guanidine groups is 1. The van der Waals surface area contributed by atoms with E-state index in [-0.39, 0.29) is 24.0 Å². The molecule has 2 rings (SSSR count). The van der Waals surface area contributed by atoms with E-state index in [1.165, 1.54) is 37.3 Å². The molecule has 2 N–H and O–H groups in total. The molecule has 2 saturated heterocycles. The molecule has 0 bridgehead atoms. The second kappa shape index (κ2) is 13.9. The maximum atomic E-state index is 12.4. The van der Waals surface area contributed by atoms with E-state index in [4.69, 9.17) is 0 Å². The van der Waals surface area contributed by atoms with E-state index >= 15 is 0 Å². The first-order chi connectivity index (χ1) is 13.4. The summed E-state index contributed by atoms with van der Waals surface area (Å²) in [5.41, 5.74) is 0. The first kappa shape index (κ1) is 26.7. The lowest BCUT2D eigenvalue weighted by atomic mass is 9.93. The Bertz CT molecular complexity index is 460. The van der Waals surface area contributed by atoms with Crippen molar-refractivity contribution >= 4 is 29.9 Å². The third kappa shape index (κ3) is 11.1. The number of hydrogen-bond donors (Lipinski definition) is 2. The van der Waals surface area contributed by atoms with E-state index in [0.29, 0.717) is 19.0 Å². The molecule has 172 valence electrons. The predicted molar refractivity (Wildman–Crippen MR) is 124 cm³/mol. The van der Waals surface area contributed by atoms with Crippen molar-refractivity contribution in [2.24, 2.45) is 16.8 Å². The Kier molecular flexibility index (Phi) is 12.8. The summed E-state index contributed by atoms with van der Waals surface area (Å²) in [5, 5.41) is 6.76. The molecule has 2 fully saturated rings. The maximum absolute atomic E-state index is 12.4. The lowest BCUT2D eigenvalue weighted by Crippen LogP contribution is -2.42. The van der Waals surface area contributed by atoms with Gasteiger partial charge in [0.2, 0.25) is 0 Å². The lowest BCUT2D eigenvalue weighted by molar-refractivity contribution is -0.148. The fraction of sp³-hybridized carbons (Fsp3) is 0.950. The zero-order valence-corrected chi connectivity index (χ0v) is 20.3. The highest BCUT2D eigenvalue weighted by atomic mass is 127. The zero-order valence-electron chi connectivity index (χ0n) is 17.9. The maximum Gasteiger partial charge on any atom is 0.401 e. The number of alkyl halides is 3. The van der Waals surface area contributed by atoms with E-state index in [1.807, 2.05) is 0 Å². The Hall–Kier alpha value is -0.290. The van der Waals surface area contributed by atoms with Gasteiger partial charge in [-0.15, -0.1) is 24.0 Å². The number of hydrogen-bond acceptors (Lipinski definition) is 3. The summed E-state index contributed by atoms with van der Waals surface area (Å²) in [6.07, 6.45) is 2.34. The van der Waals surface area contributed by atoms with E-state index in [2.05, 4.69) is 27.4 Å². The average molecular weight is 533 g/mol. The van der Waals surface area contributed by atoms with Crippen molar-refractivity contribution in [2.75, 3.05) is 59.4 Å². The highest BCUT2D eigenvalue weighted by Gasteiger charge is 2.32. The van der Waals surface area contributed by atoms with E-state index in [9.17, 15) is 13.2 Å². The fourth-order valence-corrected chi connectivity index (χ4v) is 4.29. The van der Waals surface area contributed by atoms with Gasteiger partial charge in [-0.25, -0.2) is 0 Å². The molecule has 0 saturated carbocycles. The number of likely N-dealkylation sites (tertiary alicyclic amines) is 2.